The third-order valence-electron chi connectivity index (χ3n) is 7.07. The van der Waals surface area contributed by atoms with Gasteiger partial charge in [0.25, 0.3) is 0 Å². The second-order valence-electron chi connectivity index (χ2n) is 8.50. The predicted molar refractivity (Wildman–Crippen MR) is 105 cm³/mol. The molecular weight excluding hydrogens is 385 g/mol. The summed E-state index contributed by atoms with van der Waals surface area (Å²) in [7, 11) is 0. The van der Waals surface area contributed by atoms with Crippen molar-refractivity contribution in [1.29, 1.82) is 0 Å². The van der Waals surface area contributed by atoms with Crippen LogP contribution in [0, 0.1) is 41.3 Å². The number of imide groups is 1. The van der Waals surface area contributed by atoms with E-state index >= 15 is 0 Å². The highest BCUT2D eigenvalue weighted by Crippen LogP contribution is 2.65. The maximum absolute atomic E-state index is 14.0. The van der Waals surface area contributed by atoms with Gasteiger partial charge in [-0.3, -0.25) is 9.59 Å². The molecule has 6 atom stereocenters. The number of esters is 1. The van der Waals surface area contributed by atoms with Crippen LogP contribution in [0.25, 0.3) is 0 Å². The summed E-state index contributed by atoms with van der Waals surface area (Å²) < 4.78 is 19.4. The molecule has 2 bridgehead atoms. The zero-order valence-corrected chi connectivity index (χ0v) is 15.9. The van der Waals surface area contributed by atoms with Gasteiger partial charge in [0, 0.05) is 0 Å². The van der Waals surface area contributed by atoms with E-state index in [1.807, 2.05) is 0 Å². The number of amides is 2. The molecule has 150 valence electrons. The van der Waals surface area contributed by atoms with Gasteiger partial charge in [-0.15, -0.1) is 0 Å². The number of nitrogens with zero attached hydrogens (tertiary/aromatic N) is 1. The van der Waals surface area contributed by atoms with Gasteiger partial charge in [0.05, 0.1) is 23.1 Å². The van der Waals surface area contributed by atoms with E-state index in [0.29, 0.717) is 11.8 Å². The molecule has 5 nitrogen and oxygen atoms in total. The molecule has 2 aromatic carbocycles. The van der Waals surface area contributed by atoms with E-state index in [1.54, 1.807) is 18.2 Å². The molecule has 0 aromatic heterocycles. The standard InChI is InChI=1S/C24H18FNO4/c25-17-6-2-1-5-14(17)24(29)30-19-8-4-3-7-18(19)26-22(27)20-12-9-10-13(16-11-15(12)16)21(20)23(26)28/h1-10,12-13,15-16,20-21H,11H2/t12-,13-,15-,16+,20+,21+/m0/s1. The lowest BCUT2D eigenvalue weighted by atomic mass is 9.63. The summed E-state index contributed by atoms with van der Waals surface area (Å²) in [6, 6.07) is 12.0. The van der Waals surface area contributed by atoms with Crippen molar-refractivity contribution in [2.45, 2.75) is 6.42 Å². The first kappa shape index (κ1) is 17.6. The highest BCUT2D eigenvalue weighted by atomic mass is 19.1. The third-order valence-corrected chi connectivity index (χ3v) is 7.07. The molecule has 0 radical (unpaired) electrons. The molecule has 7 rings (SSSR count). The maximum atomic E-state index is 14.0. The predicted octanol–water partition coefficient (Wildman–Crippen LogP) is 3.60. The summed E-state index contributed by atoms with van der Waals surface area (Å²) in [5.41, 5.74) is 0.0297. The summed E-state index contributed by atoms with van der Waals surface area (Å²) in [6.45, 7) is 0. The number of carbonyl (C=O) groups excluding carboxylic acids is 3. The molecule has 6 heteroatoms. The van der Waals surface area contributed by atoms with Gasteiger partial charge in [0.2, 0.25) is 11.8 Å². The monoisotopic (exact) mass is 403 g/mol. The van der Waals surface area contributed by atoms with Gasteiger partial charge in [0.15, 0.2) is 5.75 Å². The summed E-state index contributed by atoms with van der Waals surface area (Å²) in [5, 5.41) is 0. The van der Waals surface area contributed by atoms with Gasteiger partial charge < -0.3 is 4.74 Å². The Labute approximate surface area is 172 Å². The Hall–Kier alpha value is -3.28. The molecule has 30 heavy (non-hydrogen) atoms. The number of hydrogen-bond donors (Lipinski definition) is 0. The largest absolute Gasteiger partial charge is 0.421 e. The minimum Gasteiger partial charge on any atom is -0.421 e. The van der Waals surface area contributed by atoms with E-state index < -0.39 is 11.8 Å². The second-order valence-corrected chi connectivity index (χ2v) is 8.50. The van der Waals surface area contributed by atoms with Crippen molar-refractivity contribution in [3.05, 3.63) is 72.1 Å². The number of rotatable bonds is 3. The van der Waals surface area contributed by atoms with E-state index in [0.717, 1.165) is 6.42 Å². The van der Waals surface area contributed by atoms with Crippen LogP contribution in [0.1, 0.15) is 16.8 Å². The SMILES string of the molecule is O=C(Oc1ccccc1N1C(=O)[C@@H]2[C@H]3C=C[C@@H]([C@@H]4C[C@H]34)[C@H]2C1=O)c1ccccc1F. The van der Waals surface area contributed by atoms with Crippen LogP contribution in [0.4, 0.5) is 10.1 Å². The van der Waals surface area contributed by atoms with Crippen LogP contribution in [0.3, 0.4) is 0 Å². The van der Waals surface area contributed by atoms with Crippen LogP contribution < -0.4 is 9.64 Å². The number of ether oxygens (including phenoxy) is 1. The minimum absolute atomic E-state index is 0.0663. The molecule has 3 fully saturated rings. The van der Waals surface area contributed by atoms with Crippen LogP contribution in [0.5, 0.6) is 5.75 Å². The van der Waals surface area contributed by atoms with Crippen molar-refractivity contribution in [1.82, 2.24) is 0 Å². The highest BCUT2D eigenvalue weighted by Gasteiger charge is 2.67. The van der Waals surface area contributed by atoms with Gasteiger partial charge in [-0.25, -0.2) is 14.1 Å². The fourth-order valence-electron chi connectivity index (χ4n) is 5.70. The molecule has 2 amide bonds. The van der Waals surface area contributed by atoms with Crippen LogP contribution in [-0.4, -0.2) is 17.8 Å². The van der Waals surface area contributed by atoms with E-state index in [9.17, 15) is 18.8 Å². The lowest BCUT2D eigenvalue weighted by molar-refractivity contribution is -0.124. The Kier molecular flexibility index (Phi) is 3.58. The normalized spacial score (nSPS) is 32.8. The average Bonchev–Trinajstić information content (AvgIpc) is 3.53. The highest BCUT2D eigenvalue weighted by molar-refractivity contribution is 6.23. The summed E-state index contributed by atoms with van der Waals surface area (Å²) in [6.07, 6.45) is 5.31. The number of benzene rings is 2. The van der Waals surface area contributed by atoms with Crippen LogP contribution >= 0.6 is 0 Å². The van der Waals surface area contributed by atoms with E-state index in [-0.39, 0.29) is 52.5 Å². The summed E-state index contributed by atoms with van der Waals surface area (Å²) in [4.78, 5) is 40.4. The zero-order chi connectivity index (χ0) is 20.6. The van der Waals surface area contributed by atoms with E-state index in [1.165, 1.54) is 35.2 Å². The van der Waals surface area contributed by atoms with Crippen molar-refractivity contribution < 1.29 is 23.5 Å². The van der Waals surface area contributed by atoms with Crippen LogP contribution in [0.15, 0.2) is 60.7 Å². The molecular formula is C24H18FNO4. The number of para-hydroxylation sites is 2. The van der Waals surface area contributed by atoms with Crippen molar-refractivity contribution in [2.75, 3.05) is 4.90 Å². The molecule has 1 saturated heterocycles. The van der Waals surface area contributed by atoms with E-state index in [4.69, 9.17) is 4.74 Å². The lowest BCUT2D eigenvalue weighted by Gasteiger charge is -2.37. The third kappa shape index (κ3) is 2.30. The van der Waals surface area contributed by atoms with Crippen LogP contribution in [0.2, 0.25) is 0 Å². The molecule has 2 saturated carbocycles. The molecule has 0 spiro atoms. The number of anilines is 1. The second kappa shape index (κ2) is 6.11. The van der Waals surface area contributed by atoms with Gasteiger partial charge in [-0.2, -0.15) is 0 Å². The van der Waals surface area contributed by atoms with Gasteiger partial charge >= 0.3 is 5.97 Å². The van der Waals surface area contributed by atoms with Crippen molar-refractivity contribution >= 4 is 23.5 Å². The molecule has 5 aliphatic rings. The summed E-state index contributed by atoms with van der Waals surface area (Å²) in [5.74, 6) is -1.41. The molecule has 4 aliphatic carbocycles. The van der Waals surface area contributed by atoms with E-state index in [2.05, 4.69) is 12.2 Å². The molecule has 1 aliphatic heterocycles. The fourth-order valence-corrected chi connectivity index (χ4v) is 5.70. The number of hydrogen-bond acceptors (Lipinski definition) is 4. The molecule has 0 N–H and O–H groups in total. The Morgan fingerprint density at radius 1 is 0.900 bits per heavy atom. The van der Waals surface area contributed by atoms with Crippen molar-refractivity contribution in [3.63, 3.8) is 0 Å². The van der Waals surface area contributed by atoms with Gasteiger partial charge in [0.1, 0.15) is 5.82 Å². The quantitative estimate of drug-likeness (QED) is 0.340. The first-order chi connectivity index (χ1) is 14.6. The van der Waals surface area contributed by atoms with Gasteiger partial charge in [-0.1, -0.05) is 36.4 Å². The summed E-state index contributed by atoms with van der Waals surface area (Å²) >= 11 is 0. The average molecular weight is 403 g/mol. The first-order valence-corrected chi connectivity index (χ1v) is 10.2. The lowest BCUT2D eigenvalue weighted by Crippen LogP contribution is -2.40. The smallest absolute Gasteiger partial charge is 0.346 e. The number of carbonyl (C=O) groups is 3. The fraction of sp³-hybridized carbons (Fsp3) is 0.292. The Balaban J connectivity index is 1.35. The molecule has 0 unspecified atom stereocenters. The maximum Gasteiger partial charge on any atom is 0.346 e. The topological polar surface area (TPSA) is 63.7 Å². The Morgan fingerprint density at radius 2 is 1.50 bits per heavy atom. The van der Waals surface area contributed by atoms with Crippen molar-refractivity contribution in [3.8, 4) is 5.75 Å². The van der Waals surface area contributed by atoms with Gasteiger partial charge in [-0.05, 0) is 54.4 Å². The number of halogens is 1. The van der Waals surface area contributed by atoms with Crippen molar-refractivity contribution in [2.24, 2.45) is 35.5 Å². The Bertz CT molecular complexity index is 1110. The molecule has 1 heterocycles. The molecule has 2 aromatic rings. The Morgan fingerprint density at radius 3 is 2.17 bits per heavy atom. The first-order valence-electron chi connectivity index (χ1n) is 10.2. The number of allylic oxidation sites excluding steroid dienone is 2. The van der Waals surface area contributed by atoms with Crippen LogP contribution in [-0.2, 0) is 9.59 Å². The minimum atomic E-state index is -0.875. The zero-order valence-electron chi connectivity index (χ0n) is 15.9.